The molecule has 62 valence electrons. The maximum atomic E-state index is 4.08. The number of halogens is 1. The molecule has 2 aromatic heterocycles. The van der Waals surface area contributed by atoms with Crippen LogP contribution < -0.4 is 0 Å². The maximum absolute atomic E-state index is 4.08. The first kappa shape index (κ1) is 8.00. The lowest BCUT2D eigenvalue weighted by Crippen LogP contribution is -1.93. The van der Waals surface area contributed by atoms with Gasteiger partial charge in [-0.25, -0.2) is 4.52 Å². The average molecular weight is 245 g/mol. The zero-order valence-corrected chi connectivity index (χ0v) is 8.63. The Hall–Kier alpha value is -0.620. The lowest BCUT2D eigenvalue weighted by atomic mass is 10.5. The van der Waals surface area contributed by atoms with Crippen molar-refractivity contribution >= 4 is 33.2 Å². The van der Waals surface area contributed by atoms with E-state index in [2.05, 4.69) is 31.2 Å². The van der Waals surface area contributed by atoms with E-state index in [-0.39, 0.29) is 0 Å². The zero-order chi connectivity index (χ0) is 8.55. The zero-order valence-electron chi connectivity index (χ0n) is 6.23. The first-order valence-corrected chi connectivity index (χ1v) is 5.23. The summed E-state index contributed by atoms with van der Waals surface area (Å²) >= 11 is 4.95. The second-order valence-corrected chi connectivity index (χ2v) is 3.78. The summed E-state index contributed by atoms with van der Waals surface area (Å²) in [6, 6.07) is 0. The van der Waals surface area contributed by atoms with Crippen LogP contribution in [0.2, 0.25) is 0 Å². The molecule has 2 rings (SSSR count). The molecule has 0 amide bonds. The third-order valence-corrected chi connectivity index (χ3v) is 2.70. The Morgan fingerprint density at radius 1 is 1.58 bits per heavy atom. The molecule has 2 aromatic rings. The molecule has 0 atom stereocenters. The van der Waals surface area contributed by atoms with Crippen molar-refractivity contribution in [1.29, 1.82) is 0 Å². The molecule has 0 bridgehead atoms. The van der Waals surface area contributed by atoms with E-state index < -0.39 is 0 Å². The van der Waals surface area contributed by atoms with Crippen molar-refractivity contribution in [3.05, 3.63) is 17.0 Å². The minimum atomic E-state index is 0.877. The summed E-state index contributed by atoms with van der Waals surface area (Å²) in [7, 11) is 0. The van der Waals surface area contributed by atoms with Crippen LogP contribution in [0.3, 0.4) is 0 Å². The Morgan fingerprint density at radius 2 is 2.42 bits per heavy atom. The van der Waals surface area contributed by atoms with Gasteiger partial charge in [0.2, 0.25) is 0 Å². The molecule has 0 N–H and O–H groups in total. The third-order valence-electron chi connectivity index (χ3n) is 1.46. The van der Waals surface area contributed by atoms with E-state index in [4.69, 9.17) is 0 Å². The van der Waals surface area contributed by atoms with E-state index in [9.17, 15) is 0 Å². The molecule has 0 aliphatic heterocycles. The summed E-state index contributed by atoms with van der Waals surface area (Å²) in [6.07, 6.45) is 5.28. The molecule has 0 unspecified atom stereocenters. The van der Waals surface area contributed by atoms with Crippen LogP contribution in [-0.2, 0) is 0 Å². The minimum Gasteiger partial charge on any atom is -0.217 e. The maximum Gasteiger partial charge on any atom is 0.146 e. The summed E-state index contributed by atoms with van der Waals surface area (Å²) < 4.78 is 2.64. The Balaban J connectivity index is 2.84. The highest BCUT2D eigenvalue weighted by Gasteiger charge is 2.07. The predicted molar refractivity (Wildman–Crippen MR) is 50.3 cm³/mol. The molecular weight excluding hydrogens is 240 g/mol. The van der Waals surface area contributed by atoms with Crippen LogP contribution in [-0.4, -0.2) is 26.1 Å². The molecule has 0 aliphatic carbocycles. The monoisotopic (exact) mass is 244 g/mol. The van der Waals surface area contributed by atoms with Gasteiger partial charge in [0.25, 0.3) is 0 Å². The fourth-order valence-corrected chi connectivity index (χ4v) is 2.06. The van der Waals surface area contributed by atoms with Gasteiger partial charge in [-0.15, -0.1) is 22.0 Å². The third kappa shape index (κ3) is 1.11. The molecule has 12 heavy (non-hydrogen) atoms. The van der Waals surface area contributed by atoms with Gasteiger partial charge in [0.05, 0.1) is 10.7 Å². The highest BCUT2D eigenvalue weighted by atomic mass is 79.9. The number of aromatic nitrogens is 4. The molecule has 0 aliphatic rings. The molecular formula is C6H5BrN4S. The van der Waals surface area contributed by atoms with Crippen molar-refractivity contribution in [1.82, 2.24) is 19.8 Å². The van der Waals surface area contributed by atoms with Crippen LogP contribution in [0.15, 0.2) is 22.0 Å². The molecule has 0 saturated carbocycles. The predicted octanol–water partition coefficient (Wildman–Crippen LogP) is 1.61. The van der Waals surface area contributed by atoms with Crippen molar-refractivity contribution in [3.63, 3.8) is 0 Å². The normalized spacial score (nSPS) is 10.8. The van der Waals surface area contributed by atoms with E-state index in [0.717, 1.165) is 15.0 Å². The lowest BCUT2D eigenvalue weighted by Gasteiger charge is -1.96. The molecule has 0 aromatic carbocycles. The standard InChI is InChI=1S/C6H5BrN4S/c1-12-6-5-4(7)2-9-11(5)3-8-10-6/h2-3H,1H3. The first-order chi connectivity index (χ1) is 5.83. The molecule has 2 heterocycles. The van der Waals surface area contributed by atoms with E-state index in [1.807, 2.05) is 6.26 Å². The van der Waals surface area contributed by atoms with Gasteiger partial charge in [0.15, 0.2) is 0 Å². The van der Waals surface area contributed by atoms with Crippen LogP contribution in [0.25, 0.3) is 5.52 Å². The van der Waals surface area contributed by atoms with Gasteiger partial charge in [0.1, 0.15) is 16.9 Å². The second kappa shape index (κ2) is 3.02. The van der Waals surface area contributed by atoms with Crippen LogP contribution in [0.4, 0.5) is 0 Å². The highest BCUT2D eigenvalue weighted by Crippen LogP contribution is 2.24. The quantitative estimate of drug-likeness (QED) is 0.716. The van der Waals surface area contributed by atoms with E-state index in [0.29, 0.717) is 0 Å². The topological polar surface area (TPSA) is 43.1 Å². The van der Waals surface area contributed by atoms with Crippen LogP contribution in [0, 0.1) is 0 Å². The smallest absolute Gasteiger partial charge is 0.146 e. The SMILES string of the molecule is CSc1nncn2ncc(Br)c12. The summed E-state index contributed by atoms with van der Waals surface area (Å²) in [5, 5.41) is 12.7. The molecule has 0 saturated heterocycles. The van der Waals surface area contributed by atoms with Crippen molar-refractivity contribution in [2.24, 2.45) is 0 Å². The van der Waals surface area contributed by atoms with Gasteiger partial charge in [0, 0.05) is 0 Å². The Bertz CT molecular complexity index is 413. The summed E-state index contributed by atoms with van der Waals surface area (Å²) in [4.78, 5) is 0. The van der Waals surface area contributed by atoms with Crippen molar-refractivity contribution < 1.29 is 0 Å². The molecule has 0 radical (unpaired) electrons. The average Bonchev–Trinajstić information content (AvgIpc) is 2.48. The number of hydrogen-bond acceptors (Lipinski definition) is 4. The number of nitrogens with zero attached hydrogens (tertiary/aromatic N) is 4. The van der Waals surface area contributed by atoms with Crippen LogP contribution in [0.5, 0.6) is 0 Å². The van der Waals surface area contributed by atoms with Gasteiger partial charge < -0.3 is 0 Å². The van der Waals surface area contributed by atoms with Gasteiger partial charge >= 0.3 is 0 Å². The number of rotatable bonds is 1. The van der Waals surface area contributed by atoms with E-state index >= 15 is 0 Å². The van der Waals surface area contributed by atoms with Gasteiger partial charge in [-0.1, -0.05) is 0 Å². The number of hydrogen-bond donors (Lipinski definition) is 0. The van der Waals surface area contributed by atoms with Crippen LogP contribution in [0.1, 0.15) is 0 Å². The molecule has 0 fully saturated rings. The number of thioether (sulfide) groups is 1. The van der Waals surface area contributed by atoms with E-state index in [1.54, 1.807) is 28.8 Å². The Labute approximate surface area is 81.5 Å². The molecule has 6 heteroatoms. The molecule has 4 nitrogen and oxygen atoms in total. The fraction of sp³-hybridized carbons (Fsp3) is 0.167. The Morgan fingerprint density at radius 3 is 3.17 bits per heavy atom. The minimum absolute atomic E-state index is 0.877. The lowest BCUT2D eigenvalue weighted by molar-refractivity contribution is 0.818. The first-order valence-electron chi connectivity index (χ1n) is 3.21. The fourth-order valence-electron chi connectivity index (χ4n) is 0.941. The van der Waals surface area contributed by atoms with Crippen molar-refractivity contribution in [2.45, 2.75) is 5.03 Å². The summed E-state index contributed by atoms with van der Waals surface area (Å²) in [6.45, 7) is 0. The van der Waals surface area contributed by atoms with Gasteiger partial charge in [-0.3, -0.25) is 0 Å². The van der Waals surface area contributed by atoms with Crippen molar-refractivity contribution in [2.75, 3.05) is 6.26 Å². The van der Waals surface area contributed by atoms with Gasteiger partial charge in [-0.2, -0.15) is 5.10 Å². The van der Waals surface area contributed by atoms with Crippen LogP contribution >= 0.6 is 27.7 Å². The summed E-state index contributed by atoms with van der Waals surface area (Å²) in [5.74, 6) is 0. The Kier molecular flexibility index (Phi) is 2.02. The molecule has 0 spiro atoms. The number of fused-ring (bicyclic) bond motifs is 1. The van der Waals surface area contributed by atoms with Crippen molar-refractivity contribution in [3.8, 4) is 0 Å². The highest BCUT2D eigenvalue weighted by molar-refractivity contribution is 9.10. The van der Waals surface area contributed by atoms with Gasteiger partial charge in [-0.05, 0) is 22.2 Å². The second-order valence-electron chi connectivity index (χ2n) is 2.13. The largest absolute Gasteiger partial charge is 0.217 e. The summed E-state index contributed by atoms with van der Waals surface area (Å²) in [5.41, 5.74) is 0.970. The van der Waals surface area contributed by atoms with E-state index in [1.165, 1.54) is 0 Å².